The molecule has 0 saturated carbocycles. The first-order valence-electron chi connectivity index (χ1n) is 0.730. The predicted octanol–water partition coefficient (Wildman–Crippen LogP) is -4.07. The largest absolute Gasteiger partial charge is 3.00 e. The Hall–Kier alpha value is 0.771. The van der Waals surface area contributed by atoms with Crippen LogP contribution >= 0.6 is 0 Å². The van der Waals surface area contributed by atoms with Gasteiger partial charge in [0.25, 0.3) is 0 Å². The summed E-state index contributed by atoms with van der Waals surface area (Å²) in [6, 6.07) is 0. The monoisotopic (exact) mass is 191 g/mol. The van der Waals surface area contributed by atoms with Crippen molar-refractivity contribution in [3.05, 3.63) is 0 Å². The summed E-state index contributed by atoms with van der Waals surface area (Å²) >= 11 is -5.88. The number of hydrogen-bond acceptors (Lipinski definition) is 4. The summed E-state index contributed by atoms with van der Waals surface area (Å²) in [7, 11) is 0. The molecule has 0 heterocycles. The maximum Gasteiger partial charge on any atom is 3.00 e. The molecule has 0 aromatic heterocycles. The van der Waals surface area contributed by atoms with E-state index in [0.717, 1.165) is 0 Å². The predicted molar refractivity (Wildman–Crippen MR) is 6.44 cm³/mol. The molecule has 4 nitrogen and oxygen atoms in total. The summed E-state index contributed by atoms with van der Waals surface area (Å²) in [5.74, 6) is 0. The molecule has 0 rings (SSSR count). The van der Waals surface area contributed by atoms with Gasteiger partial charge in [-0.2, -0.15) is 0 Å². The van der Waals surface area contributed by atoms with Crippen LogP contribution in [-0.2, 0) is 21.1 Å². The van der Waals surface area contributed by atoms with E-state index >= 15 is 0 Å². The van der Waals surface area contributed by atoms with Crippen LogP contribution < -0.4 is 12.3 Å². The van der Waals surface area contributed by atoms with Crippen LogP contribution in [0.2, 0.25) is 0 Å². The Balaban J connectivity index is 0. The third-order valence-electron chi connectivity index (χ3n) is 0. The summed E-state index contributed by atoms with van der Waals surface area (Å²) in [5.41, 5.74) is 0. The molecule has 0 amide bonds. The van der Waals surface area contributed by atoms with Crippen molar-refractivity contribution in [1.29, 1.82) is 0 Å². The fourth-order valence-corrected chi connectivity index (χ4v) is 0. The Kier molecular flexibility index (Phi) is 4.73. The van der Waals surface area contributed by atoms with Crippen molar-refractivity contribution in [1.82, 2.24) is 0 Å². The van der Waals surface area contributed by atoms with E-state index in [4.69, 9.17) is 16.0 Å². The molecule has 0 aliphatic rings. The first-order chi connectivity index (χ1) is 2.00. The third-order valence-corrected chi connectivity index (χ3v) is 0. The average molecular weight is 191 g/mol. The van der Waals surface area contributed by atoms with Crippen molar-refractivity contribution in [2.75, 3.05) is 0 Å². The van der Waals surface area contributed by atoms with Crippen molar-refractivity contribution in [2.24, 2.45) is 0 Å². The molecule has 35 valence electrons. The van der Waals surface area contributed by atoms with Crippen LogP contribution in [0.3, 0.4) is 0 Å². The second-order valence-corrected chi connectivity index (χ2v) is 2.32. The normalized spacial score (nSPS) is 9.83. The average Bonchev–Trinajstić information content (AvgIpc) is 0.722. The van der Waals surface area contributed by atoms with Crippen LogP contribution in [0.5, 0.6) is 0 Å². The van der Waals surface area contributed by atoms with Gasteiger partial charge in [-0.25, -0.2) is 0 Å². The first-order valence-corrected chi connectivity index (χ1v) is 3.79. The van der Waals surface area contributed by atoms with E-state index in [0.29, 0.717) is 0 Å². The number of hydrogen-bond donors (Lipinski definition) is 0. The molecule has 1 radical (unpaired) electrons. The summed E-state index contributed by atoms with van der Waals surface area (Å²) < 4.78 is 34.4. The Morgan fingerprint density at radius 1 is 1.17 bits per heavy atom. The third kappa shape index (κ3) is 114. The van der Waals surface area contributed by atoms with Crippen LogP contribution in [0.25, 0.3) is 0 Å². The summed E-state index contributed by atoms with van der Waals surface area (Å²) in [6.07, 6.45) is 0. The van der Waals surface area contributed by atoms with E-state index in [9.17, 15) is 0 Å². The van der Waals surface area contributed by atoms with Crippen molar-refractivity contribution in [3.8, 4) is 0 Å². The minimum Gasteiger partial charge on any atom is 3.00 e. The molecule has 0 unspecified atom stereocenters. The van der Waals surface area contributed by atoms with Gasteiger partial charge in [-0.05, 0) is 0 Å². The van der Waals surface area contributed by atoms with Crippen molar-refractivity contribution in [2.45, 2.75) is 0 Å². The summed E-state index contributed by atoms with van der Waals surface area (Å²) in [6.45, 7) is 0. The van der Waals surface area contributed by atoms with Crippen molar-refractivity contribution < 1.29 is 33.4 Å². The fourth-order valence-electron chi connectivity index (χ4n) is 0. The molecular weight excluding hydrogens is 191 g/mol. The van der Waals surface area contributed by atoms with E-state index in [1.807, 2.05) is 0 Å². The second-order valence-electron chi connectivity index (χ2n) is 0.447. The molecule has 0 atom stereocenters. The van der Waals surface area contributed by atoms with Gasteiger partial charge in [-0.3, -0.25) is 0 Å². The molecule has 0 N–H and O–H groups in total. The quantitative estimate of drug-likeness (QED) is 0.364. The van der Waals surface area contributed by atoms with Crippen molar-refractivity contribution in [3.63, 3.8) is 0 Å². The molecule has 0 aromatic carbocycles. The summed E-state index contributed by atoms with van der Waals surface area (Å²) in [5, 5.41) is 0. The van der Waals surface area contributed by atoms with E-state index in [2.05, 4.69) is 0 Å². The zero-order valence-corrected chi connectivity index (χ0v) is 5.64. The Bertz CT molecular complexity index is 53.7. The first kappa shape index (κ1) is 9.91. The molecular formula is AsCrO4. The van der Waals surface area contributed by atoms with Gasteiger partial charge in [0.1, 0.15) is 0 Å². The Labute approximate surface area is 48.3 Å². The van der Waals surface area contributed by atoms with Gasteiger partial charge in [0.05, 0.1) is 0 Å². The minimum atomic E-state index is -5.88. The zero-order chi connectivity index (χ0) is 4.50. The molecule has 0 bridgehead atoms. The van der Waals surface area contributed by atoms with Crippen LogP contribution in [0.4, 0.5) is 0 Å². The van der Waals surface area contributed by atoms with Crippen LogP contribution in [-0.4, -0.2) is 14.5 Å². The maximum atomic E-state index is 8.61. The van der Waals surface area contributed by atoms with Gasteiger partial charge < -0.3 is 0 Å². The van der Waals surface area contributed by atoms with Crippen LogP contribution in [0, 0.1) is 0 Å². The van der Waals surface area contributed by atoms with Crippen LogP contribution in [0.15, 0.2) is 0 Å². The molecule has 0 spiro atoms. The molecule has 6 heteroatoms. The van der Waals surface area contributed by atoms with Crippen LogP contribution in [0.1, 0.15) is 0 Å². The van der Waals surface area contributed by atoms with Gasteiger partial charge in [0, 0.05) is 0 Å². The molecule has 6 heavy (non-hydrogen) atoms. The Morgan fingerprint density at radius 2 is 1.17 bits per heavy atom. The number of rotatable bonds is 0. The maximum absolute atomic E-state index is 8.61. The molecule has 0 aromatic rings. The van der Waals surface area contributed by atoms with E-state index in [1.54, 1.807) is 0 Å². The molecule has 0 fully saturated rings. The van der Waals surface area contributed by atoms with Gasteiger partial charge >= 0.3 is 47.9 Å². The second kappa shape index (κ2) is 2.87. The van der Waals surface area contributed by atoms with E-state index < -0.39 is 14.5 Å². The van der Waals surface area contributed by atoms with Crippen molar-refractivity contribution >= 4 is 14.5 Å². The van der Waals surface area contributed by atoms with E-state index in [1.165, 1.54) is 0 Å². The standard InChI is InChI=1S/AsH3O4.Cr/c2-1(3,4)5;/h(H3,2,3,4,5);/q;+3/p-3. The minimum absolute atomic E-state index is 0. The Morgan fingerprint density at radius 3 is 1.17 bits per heavy atom. The fraction of sp³-hybridized carbons (Fsp3) is 0. The zero-order valence-electron chi connectivity index (χ0n) is 2.49. The summed E-state index contributed by atoms with van der Waals surface area (Å²) in [4.78, 5) is 0. The topological polar surface area (TPSA) is 86.2 Å². The van der Waals surface area contributed by atoms with Gasteiger partial charge in [-0.1, -0.05) is 0 Å². The molecule has 0 aliphatic heterocycles. The SMILES string of the molecule is O=[As]([O-])([O-])[O-].[Cr+3]. The smallest absolute Gasteiger partial charge is 3.00 e. The van der Waals surface area contributed by atoms with E-state index in [-0.39, 0.29) is 17.4 Å². The molecule has 0 saturated heterocycles. The molecule has 0 aliphatic carbocycles. The van der Waals surface area contributed by atoms with Gasteiger partial charge in [0.15, 0.2) is 0 Å². The van der Waals surface area contributed by atoms with Gasteiger partial charge in [0.2, 0.25) is 0 Å². The van der Waals surface area contributed by atoms with Gasteiger partial charge in [-0.15, -0.1) is 0 Å².